The van der Waals surface area contributed by atoms with Crippen molar-refractivity contribution in [2.45, 2.75) is 19.9 Å². The number of thioether (sulfide) groups is 1. The molecule has 0 radical (unpaired) electrons. The summed E-state index contributed by atoms with van der Waals surface area (Å²) in [6.45, 7) is 4.31. The Kier molecular flexibility index (Phi) is 5.12. The highest BCUT2D eigenvalue weighted by Gasteiger charge is 2.32. The molecule has 1 aliphatic rings. The van der Waals surface area contributed by atoms with Crippen LogP contribution in [0.15, 0.2) is 18.2 Å². The van der Waals surface area contributed by atoms with Crippen molar-refractivity contribution in [3.63, 3.8) is 0 Å². The number of nitrogens with zero attached hydrogens (tertiary/aromatic N) is 1. The number of carboxylic acids is 1. The second-order valence-electron chi connectivity index (χ2n) is 5.05. The minimum Gasteiger partial charge on any atom is -0.484 e. The van der Waals surface area contributed by atoms with Gasteiger partial charge in [0.2, 0.25) is 0 Å². The van der Waals surface area contributed by atoms with Gasteiger partial charge in [0.1, 0.15) is 11.8 Å². The summed E-state index contributed by atoms with van der Waals surface area (Å²) < 4.78 is 5.49. The molecule has 1 unspecified atom stereocenters. The summed E-state index contributed by atoms with van der Waals surface area (Å²) in [7, 11) is 0. The van der Waals surface area contributed by atoms with Crippen molar-refractivity contribution in [2.75, 3.05) is 24.7 Å². The molecule has 1 aliphatic heterocycles. The predicted molar refractivity (Wildman–Crippen MR) is 81.9 cm³/mol. The average Bonchev–Trinajstić information content (AvgIpc) is 2.48. The first-order valence-corrected chi connectivity index (χ1v) is 7.94. The van der Waals surface area contributed by atoms with Crippen LogP contribution < -0.4 is 4.74 Å². The van der Waals surface area contributed by atoms with Crippen LogP contribution in [0.5, 0.6) is 5.75 Å². The van der Waals surface area contributed by atoms with Crippen LogP contribution >= 0.6 is 11.8 Å². The SMILES string of the molecule is Cc1ccc(OCC(=O)N2CCSCC2C(=O)O)cc1C. The van der Waals surface area contributed by atoms with Gasteiger partial charge < -0.3 is 14.7 Å². The zero-order valence-electron chi connectivity index (χ0n) is 12.2. The summed E-state index contributed by atoms with van der Waals surface area (Å²) in [6, 6.07) is 4.88. The summed E-state index contributed by atoms with van der Waals surface area (Å²) in [5, 5.41) is 9.16. The summed E-state index contributed by atoms with van der Waals surface area (Å²) in [4.78, 5) is 24.7. The zero-order chi connectivity index (χ0) is 15.4. The monoisotopic (exact) mass is 309 g/mol. The summed E-state index contributed by atoms with van der Waals surface area (Å²) in [6.07, 6.45) is 0. The Morgan fingerprint density at radius 3 is 2.81 bits per heavy atom. The summed E-state index contributed by atoms with van der Waals surface area (Å²) in [5.41, 5.74) is 2.26. The van der Waals surface area contributed by atoms with Gasteiger partial charge in [-0.15, -0.1) is 0 Å². The van der Waals surface area contributed by atoms with Gasteiger partial charge in [0.25, 0.3) is 5.91 Å². The molecule has 1 aromatic carbocycles. The van der Waals surface area contributed by atoms with E-state index in [-0.39, 0.29) is 12.5 Å². The van der Waals surface area contributed by atoms with Crippen molar-refractivity contribution in [1.29, 1.82) is 0 Å². The van der Waals surface area contributed by atoms with Gasteiger partial charge in [0.05, 0.1) is 0 Å². The molecule has 114 valence electrons. The van der Waals surface area contributed by atoms with E-state index in [1.54, 1.807) is 11.8 Å². The molecule has 0 bridgehead atoms. The minimum atomic E-state index is -0.957. The molecule has 2 rings (SSSR count). The van der Waals surface area contributed by atoms with Crippen molar-refractivity contribution in [1.82, 2.24) is 4.90 Å². The quantitative estimate of drug-likeness (QED) is 0.917. The predicted octanol–water partition coefficient (Wildman–Crippen LogP) is 1.71. The number of aliphatic carboxylic acids is 1. The van der Waals surface area contributed by atoms with E-state index in [0.29, 0.717) is 18.0 Å². The molecule has 1 fully saturated rings. The van der Waals surface area contributed by atoms with E-state index in [1.165, 1.54) is 4.90 Å². The smallest absolute Gasteiger partial charge is 0.327 e. The fourth-order valence-electron chi connectivity index (χ4n) is 2.14. The number of hydrogen-bond donors (Lipinski definition) is 1. The van der Waals surface area contributed by atoms with E-state index in [1.807, 2.05) is 32.0 Å². The Labute approximate surface area is 128 Å². The van der Waals surface area contributed by atoms with E-state index in [2.05, 4.69) is 0 Å². The van der Waals surface area contributed by atoms with Gasteiger partial charge in [0.15, 0.2) is 6.61 Å². The Bertz CT molecular complexity index is 546. The molecule has 1 aromatic rings. The topological polar surface area (TPSA) is 66.8 Å². The van der Waals surface area contributed by atoms with Gasteiger partial charge in [-0.05, 0) is 37.1 Å². The highest BCUT2D eigenvalue weighted by Crippen LogP contribution is 2.19. The zero-order valence-corrected chi connectivity index (χ0v) is 13.0. The first-order chi connectivity index (χ1) is 9.99. The molecule has 5 nitrogen and oxygen atoms in total. The van der Waals surface area contributed by atoms with Crippen molar-refractivity contribution in [3.05, 3.63) is 29.3 Å². The fraction of sp³-hybridized carbons (Fsp3) is 0.467. The van der Waals surface area contributed by atoms with Crippen LogP contribution in [0.4, 0.5) is 0 Å². The lowest BCUT2D eigenvalue weighted by Crippen LogP contribution is -2.51. The van der Waals surface area contributed by atoms with Crippen LogP contribution in [0.1, 0.15) is 11.1 Å². The van der Waals surface area contributed by atoms with Crippen molar-refractivity contribution < 1.29 is 19.4 Å². The molecule has 1 amide bonds. The number of carbonyl (C=O) groups excluding carboxylic acids is 1. The van der Waals surface area contributed by atoms with Crippen molar-refractivity contribution in [3.8, 4) is 5.75 Å². The lowest BCUT2D eigenvalue weighted by atomic mass is 10.1. The molecule has 0 aromatic heterocycles. The van der Waals surface area contributed by atoms with Crippen LogP contribution in [-0.2, 0) is 9.59 Å². The molecule has 21 heavy (non-hydrogen) atoms. The lowest BCUT2D eigenvalue weighted by molar-refractivity contribution is -0.150. The van der Waals surface area contributed by atoms with Gasteiger partial charge in [-0.25, -0.2) is 4.79 Å². The van der Waals surface area contributed by atoms with Crippen LogP contribution in [0.3, 0.4) is 0 Å². The standard InChI is InChI=1S/C15H19NO4S/c1-10-3-4-12(7-11(10)2)20-8-14(17)16-5-6-21-9-13(16)15(18)19/h3-4,7,13H,5-6,8-9H2,1-2H3,(H,18,19). The second kappa shape index (κ2) is 6.85. The maximum absolute atomic E-state index is 12.2. The number of amides is 1. The van der Waals surface area contributed by atoms with Crippen LogP contribution in [-0.4, -0.2) is 52.6 Å². The maximum atomic E-state index is 12.2. The highest BCUT2D eigenvalue weighted by molar-refractivity contribution is 7.99. The number of ether oxygens (including phenoxy) is 1. The third kappa shape index (κ3) is 3.91. The number of benzene rings is 1. The number of aryl methyl sites for hydroxylation is 2. The number of hydrogen-bond acceptors (Lipinski definition) is 4. The molecule has 0 aliphatic carbocycles. The Morgan fingerprint density at radius 1 is 1.38 bits per heavy atom. The average molecular weight is 309 g/mol. The Hall–Kier alpha value is -1.69. The Morgan fingerprint density at radius 2 is 2.14 bits per heavy atom. The fourth-order valence-corrected chi connectivity index (χ4v) is 3.18. The van der Waals surface area contributed by atoms with E-state index in [9.17, 15) is 9.59 Å². The molecule has 1 N–H and O–H groups in total. The van der Waals surface area contributed by atoms with Gasteiger partial charge in [-0.1, -0.05) is 6.07 Å². The molecule has 1 heterocycles. The number of carboxylic acid groups (broad SMARTS) is 1. The van der Waals surface area contributed by atoms with E-state index in [0.717, 1.165) is 16.9 Å². The van der Waals surface area contributed by atoms with Gasteiger partial charge in [-0.2, -0.15) is 11.8 Å². The van der Waals surface area contributed by atoms with Crippen molar-refractivity contribution >= 4 is 23.6 Å². The molecular formula is C15H19NO4S. The van der Waals surface area contributed by atoms with Crippen LogP contribution in [0, 0.1) is 13.8 Å². The van der Waals surface area contributed by atoms with E-state index < -0.39 is 12.0 Å². The second-order valence-corrected chi connectivity index (χ2v) is 6.20. The van der Waals surface area contributed by atoms with Crippen molar-refractivity contribution in [2.24, 2.45) is 0 Å². The molecule has 1 atom stereocenters. The third-order valence-electron chi connectivity index (χ3n) is 3.57. The van der Waals surface area contributed by atoms with Crippen LogP contribution in [0.25, 0.3) is 0 Å². The van der Waals surface area contributed by atoms with Gasteiger partial charge in [0, 0.05) is 18.1 Å². The first kappa shape index (κ1) is 15.7. The summed E-state index contributed by atoms with van der Waals surface area (Å²) >= 11 is 1.55. The molecule has 6 heteroatoms. The number of rotatable bonds is 4. The normalized spacial score (nSPS) is 18.4. The lowest BCUT2D eigenvalue weighted by Gasteiger charge is -2.32. The number of carbonyl (C=O) groups is 2. The molecule has 0 spiro atoms. The molecular weight excluding hydrogens is 290 g/mol. The first-order valence-electron chi connectivity index (χ1n) is 6.79. The molecule has 1 saturated heterocycles. The Balaban J connectivity index is 1.96. The van der Waals surface area contributed by atoms with E-state index >= 15 is 0 Å². The molecule has 0 saturated carbocycles. The van der Waals surface area contributed by atoms with Crippen LogP contribution in [0.2, 0.25) is 0 Å². The third-order valence-corrected chi connectivity index (χ3v) is 4.60. The van der Waals surface area contributed by atoms with E-state index in [4.69, 9.17) is 9.84 Å². The highest BCUT2D eigenvalue weighted by atomic mass is 32.2. The van der Waals surface area contributed by atoms with Gasteiger partial charge in [-0.3, -0.25) is 4.79 Å². The maximum Gasteiger partial charge on any atom is 0.327 e. The van der Waals surface area contributed by atoms with Gasteiger partial charge >= 0.3 is 5.97 Å². The minimum absolute atomic E-state index is 0.128. The largest absolute Gasteiger partial charge is 0.484 e. The summed E-state index contributed by atoms with van der Waals surface area (Å²) in [5.74, 6) is 0.594.